The fourth-order valence-electron chi connectivity index (χ4n) is 2.33. The molecule has 0 amide bonds. The maximum atomic E-state index is 14.1. The number of nitrogens with two attached hydrogens (primary N) is 1. The maximum Gasteiger partial charge on any atom is 1.00 e. The number of imidazole rings is 1. The van der Waals surface area contributed by atoms with Crippen molar-refractivity contribution >= 4 is 35.6 Å². The molecule has 0 unspecified atom stereocenters. The molecule has 2 aromatic rings. The van der Waals surface area contributed by atoms with Crippen LogP contribution in [-0.2, 0) is 21.1 Å². The molecule has 140 valence electrons. The van der Waals surface area contributed by atoms with Crippen LogP contribution in [0.2, 0.25) is 0 Å². The molecule has 0 aromatic carbocycles. The van der Waals surface area contributed by atoms with E-state index in [0.29, 0.717) is 0 Å². The zero-order valence-corrected chi connectivity index (χ0v) is 22.9. The topological polar surface area (TPSA) is 209 Å². The summed E-state index contributed by atoms with van der Waals surface area (Å²) in [5.74, 6) is -1.06. The number of nitrogens with zero attached hydrogens (tertiary/aromatic N) is 4. The van der Waals surface area contributed by atoms with E-state index < -0.39 is 43.8 Å². The second kappa shape index (κ2) is 12.5. The van der Waals surface area contributed by atoms with E-state index in [1.165, 1.54) is 0 Å². The van der Waals surface area contributed by atoms with E-state index in [9.17, 15) is 24.4 Å². The van der Waals surface area contributed by atoms with Crippen LogP contribution in [0.5, 0.6) is 5.88 Å². The van der Waals surface area contributed by atoms with Gasteiger partial charge in [0.05, 0.1) is 12.9 Å². The quantitative estimate of drug-likeness (QED) is 0.320. The molecule has 3 rings (SSSR count). The molecule has 1 fully saturated rings. The molecule has 1 saturated heterocycles. The summed E-state index contributed by atoms with van der Waals surface area (Å²) in [5.41, 5.74) is 5.21. The fraction of sp³-hybridized carbons (Fsp3) is 0.500. The molecule has 0 saturated carbocycles. The number of halogens is 1. The minimum absolute atomic E-state index is 0. The summed E-state index contributed by atoms with van der Waals surface area (Å²) >= 11 is 4.05. The number of ether oxygens (including phenoxy) is 1. The summed E-state index contributed by atoms with van der Waals surface area (Å²) < 4.78 is 24.8. The Bertz CT molecular complexity index is 832. The van der Waals surface area contributed by atoms with E-state index in [0.717, 1.165) is 10.9 Å². The number of aliphatic hydroxyl groups excluding tert-OH is 1. The van der Waals surface area contributed by atoms with E-state index in [-0.39, 0.29) is 111 Å². The van der Waals surface area contributed by atoms with Gasteiger partial charge in [-0.05, 0) is 0 Å². The minimum atomic E-state index is -4.49. The summed E-state index contributed by atoms with van der Waals surface area (Å²) in [6.07, 6.45) is -5.24. The van der Waals surface area contributed by atoms with Gasteiger partial charge < -0.3 is 40.5 Å². The predicted molar refractivity (Wildman–Crippen MR) is 77.8 cm³/mol. The molecule has 4 atom stereocenters. The average Bonchev–Trinajstić information content (AvgIpc) is 3.00. The maximum absolute atomic E-state index is 14.1. The first-order valence-electron chi connectivity index (χ1n) is 6.48. The van der Waals surface area contributed by atoms with Crippen LogP contribution in [0.4, 0.5) is 10.3 Å². The van der Waals surface area contributed by atoms with Gasteiger partial charge in [-0.15, -0.1) is 11.8 Å². The van der Waals surface area contributed by atoms with Gasteiger partial charge in [0.1, 0.15) is 17.7 Å². The summed E-state index contributed by atoms with van der Waals surface area (Å²) in [4.78, 5) is 32.7. The number of anilines is 1. The number of hydrogen-bond acceptors (Lipinski definition) is 11. The Morgan fingerprint density at radius 1 is 1.36 bits per heavy atom. The number of aromatic nitrogens is 4. The normalized spacial score (nSPS) is 23.9. The first-order valence-corrected chi connectivity index (χ1v) is 9.04. The Balaban J connectivity index is 0. The van der Waals surface area contributed by atoms with E-state index in [2.05, 4.69) is 31.3 Å². The third-order valence-electron chi connectivity index (χ3n) is 3.37. The van der Waals surface area contributed by atoms with Crippen molar-refractivity contribution in [2.45, 2.75) is 24.6 Å². The fourth-order valence-corrected chi connectivity index (χ4v) is 2.84. The molecule has 5 N–H and O–H groups in total. The Kier molecular flexibility index (Phi) is 14.1. The monoisotopic (exact) mass is 465 g/mol. The number of hydrogen-bond donors (Lipinski definition) is 2. The van der Waals surface area contributed by atoms with Crippen LogP contribution in [0.15, 0.2) is 6.33 Å². The molecular weight excluding hydrogens is 453 g/mol. The molecule has 2 aromatic heterocycles. The summed E-state index contributed by atoms with van der Waals surface area (Å²) in [6.45, 7) is -5.19. The molecule has 0 aliphatic carbocycles. The van der Waals surface area contributed by atoms with E-state index >= 15 is 0 Å². The molecule has 0 radical (unpaired) electrons. The number of nitrogen functional groups attached to an aromatic ring is 1. The van der Waals surface area contributed by atoms with Crippen molar-refractivity contribution in [1.82, 2.24) is 19.5 Å². The number of rotatable bonds is 4. The zero-order valence-electron chi connectivity index (χ0n) is 15.2. The third kappa shape index (κ3) is 7.00. The Hall–Kier alpha value is 1.49. The molecule has 1 aliphatic rings. The van der Waals surface area contributed by atoms with Crippen molar-refractivity contribution in [3.8, 4) is 5.88 Å². The number of fused-ring (bicyclic) bond motifs is 1. The minimum Gasteiger partial charge on any atom is -0.857 e. The summed E-state index contributed by atoms with van der Waals surface area (Å²) in [6, 6.07) is 0. The third-order valence-corrected chi connectivity index (χ3v) is 4.15. The Morgan fingerprint density at radius 2 is 1.96 bits per heavy atom. The molecule has 1 aliphatic heterocycles. The molecule has 18 heteroatoms. The van der Waals surface area contributed by atoms with Gasteiger partial charge in [-0.1, -0.05) is 6.72 Å². The Labute approximate surface area is 229 Å². The largest absolute Gasteiger partial charge is 1.00 e. The van der Waals surface area contributed by atoms with Crippen molar-refractivity contribution in [2.24, 2.45) is 0 Å². The van der Waals surface area contributed by atoms with E-state index in [4.69, 9.17) is 10.5 Å². The first-order chi connectivity index (χ1) is 11.2. The van der Waals surface area contributed by atoms with Gasteiger partial charge in [0, 0.05) is 5.88 Å². The average molecular weight is 465 g/mol. The van der Waals surface area contributed by atoms with Crippen molar-refractivity contribution in [1.29, 1.82) is 0 Å². The molecular formula is C10H12FN5Na3O7PS. The SMILES string of the molecule is Nc1nc([O-])c2ncn([C@@H]3O[C@H](COP([O-])([O-])=S)[C@@H](F)[C@H]3O)c2n1.O.[Na+].[Na+].[Na+]. The van der Waals surface area contributed by atoms with Gasteiger partial charge in [0.25, 0.3) is 0 Å². The van der Waals surface area contributed by atoms with Gasteiger partial charge >= 0.3 is 88.7 Å². The van der Waals surface area contributed by atoms with Crippen LogP contribution in [-0.4, -0.2) is 55.1 Å². The molecule has 12 nitrogen and oxygen atoms in total. The van der Waals surface area contributed by atoms with E-state index in [1.807, 2.05) is 0 Å². The van der Waals surface area contributed by atoms with Crippen LogP contribution >= 0.6 is 6.72 Å². The smallest absolute Gasteiger partial charge is 0.857 e. The van der Waals surface area contributed by atoms with Crippen LogP contribution in [0.1, 0.15) is 6.23 Å². The van der Waals surface area contributed by atoms with Crippen molar-refractivity contribution in [3.05, 3.63) is 6.33 Å². The molecule has 28 heavy (non-hydrogen) atoms. The second-order valence-electron chi connectivity index (χ2n) is 4.95. The van der Waals surface area contributed by atoms with Crippen LogP contribution in [0, 0.1) is 0 Å². The predicted octanol–water partition coefficient (Wildman–Crippen LogP) is -12.8. The summed E-state index contributed by atoms with van der Waals surface area (Å²) in [5, 5.41) is 21.7. The van der Waals surface area contributed by atoms with Crippen molar-refractivity contribution < 1.29 is 128 Å². The van der Waals surface area contributed by atoms with Crippen LogP contribution < -0.4 is 109 Å². The Morgan fingerprint density at radius 3 is 2.54 bits per heavy atom. The number of aliphatic hydroxyl groups is 1. The first kappa shape index (κ1) is 31.7. The van der Waals surface area contributed by atoms with Crippen molar-refractivity contribution in [3.63, 3.8) is 0 Å². The zero-order chi connectivity index (χ0) is 17.6. The van der Waals surface area contributed by atoms with Gasteiger partial charge in [0.15, 0.2) is 18.0 Å². The van der Waals surface area contributed by atoms with Gasteiger partial charge in [-0.2, -0.15) is 4.98 Å². The summed E-state index contributed by atoms with van der Waals surface area (Å²) in [7, 11) is 0. The molecule has 0 spiro atoms. The van der Waals surface area contributed by atoms with Gasteiger partial charge in [-0.3, -0.25) is 4.57 Å². The van der Waals surface area contributed by atoms with Gasteiger partial charge in [0.2, 0.25) is 5.95 Å². The van der Waals surface area contributed by atoms with Gasteiger partial charge in [-0.25, -0.2) is 14.4 Å². The van der Waals surface area contributed by atoms with Crippen molar-refractivity contribution in [2.75, 3.05) is 12.3 Å². The molecule has 3 heterocycles. The van der Waals surface area contributed by atoms with E-state index in [1.54, 1.807) is 0 Å². The second-order valence-corrected chi connectivity index (χ2v) is 7.45. The molecule has 0 bridgehead atoms. The van der Waals surface area contributed by atoms with Crippen LogP contribution in [0.3, 0.4) is 0 Å². The van der Waals surface area contributed by atoms with Crippen LogP contribution in [0.25, 0.3) is 11.2 Å². The number of alkyl halides is 1. The standard InChI is InChI=1S/C10H13FN5O6PS.3Na.H2O/c11-4-3(1-21-23(19,20)24)22-9(6(4)17)16-2-13-5-7(16)14-10(12)15-8(5)18;;;;/h2-4,6,9,17H,1H2,(H2,19,20,24)(H3,12,14,15,18);;;;1H2/q;3*+1;/p-3/t3-,4-,6-,9-;;;;/m1..../s1.